The number of methoxy groups -OCH3 is 2. The monoisotopic (exact) mass is 478 g/mol. The van der Waals surface area contributed by atoms with E-state index in [1.54, 1.807) is 43.3 Å². The molecule has 2 amide bonds. The maximum atomic E-state index is 12.6. The molecule has 3 aromatic rings. The first-order valence-electron chi connectivity index (χ1n) is 10.8. The minimum Gasteiger partial charge on any atom is -0.497 e. The third-order valence-corrected chi connectivity index (χ3v) is 4.83. The zero-order valence-corrected chi connectivity index (χ0v) is 19.6. The third-order valence-electron chi connectivity index (χ3n) is 4.83. The molecule has 0 fully saturated rings. The van der Waals surface area contributed by atoms with Gasteiger partial charge in [-0.2, -0.15) is 0 Å². The van der Waals surface area contributed by atoms with E-state index in [0.717, 1.165) is 5.56 Å². The number of anilines is 1. The minimum absolute atomic E-state index is 0.206. The topological polar surface area (TPSA) is 112 Å². The van der Waals surface area contributed by atoms with Crippen molar-refractivity contribution in [3.8, 4) is 17.2 Å². The van der Waals surface area contributed by atoms with Gasteiger partial charge in [-0.05, 0) is 61.0 Å². The Bertz CT molecular complexity index is 1170. The SMILES string of the molecule is CCOC(=O)Oc1ccc(C(=O)Nc2cccc(CNC(=O)c3cc(OC)cc(OC)c3)c2)cc1. The van der Waals surface area contributed by atoms with Crippen LogP contribution < -0.4 is 24.8 Å². The number of carbonyl (C=O) groups excluding carboxylic acids is 3. The highest BCUT2D eigenvalue weighted by molar-refractivity contribution is 6.04. The summed E-state index contributed by atoms with van der Waals surface area (Å²) in [6, 6.07) is 18.1. The lowest BCUT2D eigenvalue weighted by Gasteiger charge is -2.11. The summed E-state index contributed by atoms with van der Waals surface area (Å²) < 4.78 is 20.1. The summed E-state index contributed by atoms with van der Waals surface area (Å²) in [5.41, 5.74) is 2.15. The molecule has 0 bridgehead atoms. The molecule has 2 N–H and O–H groups in total. The molecule has 0 aliphatic heterocycles. The molecule has 0 aromatic heterocycles. The zero-order valence-electron chi connectivity index (χ0n) is 19.6. The Hall–Kier alpha value is -4.53. The number of hydrogen-bond donors (Lipinski definition) is 2. The first-order valence-corrected chi connectivity index (χ1v) is 10.8. The van der Waals surface area contributed by atoms with E-state index >= 15 is 0 Å². The van der Waals surface area contributed by atoms with Crippen molar-refractivity contribution in [2.24, 2.45) is 0 Å². The van der Waals surface area contributed by atoms with E-state index in [9.17, 15) is 14.4 Å². The van der Waals surface area contributed by atoms with Gasteiger partial charge in [0.05, 0.1) is 20.8 Å². The highest BCUT2D eigenvalue weighted by atomic mass is 16.7. The lowest BCUT2D eigenvalue weighted by Crippen LogP contribution is -2.23. The predicted molar refractivity (Wildman–Crippen MR) is 129 cm³/mol. The van der Waals surface area contributed by atoms with Crippen LogP contribution in [0.1, 0.15) is 33.2 Å². The smallest absolute Gasteiger partial charge is 0.497 e. The maximum Gasteiger partial charge on any atom is 0.513 e. The van der Waals surface area contributed by atoms with Gasteiger partial charge in [0.1, 0.15) is 17.2 Å². The molecule has 3 aromatic carbocycles. The van der Waals surface area contributed by atoms with E-state index in [1.807, 2.05) is 6.07 Å². The van der Waals surface area contributed by atoms with Crippen LogP contribution in [0.4, 0.5) is 10.5 Å². The van der Waals surface area contributed by atoms with Gasteiger partial charge in [-0.15, -0.1) is 0 Å². The highest BCUT2D eigenvalue weighted by Crippen LogP contribution is 2.22. The Morgan fingerprint density at radius 3 is 2.09 bits per heavy atom. The molecule has 0 heterocycles. The van der Waals surface area contributed by atoms with Crippen molar-refractivity contribution < 1.29 is 33.3 Å². The molecule has 0 unspecified atom stereocenters. The van der Waals surface area contributed by atoms with E-state index in [1.165, 1.54) is 38.5 Å². The second kappa shape index (κ2) is 12.1. The lowest BCUT2D eigenvalue weighted by molar-refractivity contribution is 0.0948. The van der Waals surface area contributed by atoms with Crippen LogP contribution in [0.15, 0.2) is 66.7 Å². The Morgan fingerprint density at radius 2 is 1.46 bits per heavy atom. The van der Waals surface area contributed by atoms with E-state index in [4.69, 9.17) is 18.9 Å². The fourth-order valence-corrected chi connectivity index (χ4v) is 3.10. The van der Waals surface area contributed by atoms with Crippen LogP contribution in [0.5, 0.6) is 17.2 Å². The fourth-order valence-electron chi connectivity index (χ4n) is 3.10. The van der Waals surface area contributed by atoms with Gasteiger partial charge in [0.2, 0.25) is 0 Å². The standard InChI is InChI=1S/C26H26N2O7/c1-4-34-26(31)35-21-10-8-18(9-11-21)25(30)28-20-7-5-6-17(12-20)16-27-24(29)19-13-22(32-2)15-23(14-19)33-3/h5-15H,4,16H2,1-3H3,(H,27,29)(H,28,30). The first kappa shape index (κ1) is 25.1. The van der Waals surface area contributed by atoms with Crippen molar-refractivity contribution in [3.05, 3.63) is 83.4 Å². The molecule has 9 heteroatoms. The number of nitrogens with one attached hydrogen (secondary N) is 2. The summed E-state index contributed by atoms with van der Waals surface area (Å²) in [7, 11) is 3.03. The molecule has 0 saturated heterocycles. The second-order valence-corrected chi connectivity index (χ2v) is 7.25. The maximum absolute atomic E-state index is 12.6. The van der Waals surface area contributed by atoms with Gasteiger partial charge in [-0.3, -0.25) is 9.59 Å². The number of hydrogen-bond acceptors (Lipinski definition) is 7. The van der Waals surface area contributed by atoms with Gasteiger partial charge < -0.3 is 29.6 Å². The van der Waals surface area contributed by atoms with Crippen molar-refractivity contribution in [2.75, 3.05) is 26.1 Å². The van der Waals surface area contributed by atoms with Gasteiger partial charge in [-0.25, -0.2) is 4.79 Å². The van der Waals surface area contributed by atoms with Crippen LogP contribution in [-0.2, 0) is 11.3 Å². The first-order chi connectivity index (χ1) is 16.9. The van der Waals surface area contributed by atoms with E-state index in [0.29, 0.717) is 28.3 Å². The summed E-state index contributed by atoms with van der Waals surface area (Å²) in [5.74, 6) is 0.671. The number of rotatable bonds is 9. The quantitative estimate of drug-likeness (QED) is 0.346. The molecule has 0 spiro atoms. The van der Waals surface area contributed by atoms with Crippen molar-refractivity contribution in [1.29, 1.82) is 0 Å². The number of carbonyl (C=O) groups is 3. The van der Waals surface area contributed by atoms with E-state index in [-0.39, 0.29) is 30.7 Å². The molecule has 0 aliphatic carbocycles. The second-order valence-electron chi connectivity index (χ2n) is 7.25. The summed E-state index contributed by atoms with van der Waals surface area (Å²) in [6.07, 6.45) is -0.806. The van der Waals surface area contributed by atoms with Gasteiger partial charge in [0, 0.05) is 29.4 Å². The molecule has 3 rings (SSSR count). The highest BCUT2D eigenvalue weighted by Gasteiger charge is 2.11. The number of benzene rings is 3. The van der Waals surface area contributed by atoms with Crippen LogP contribution in [0, 0.1) is 0 Å². The van der Waals surface area contributed by atoms with Crippen LogP contribution in [0.3, 0.4) is 0 Å². The Labute approximate surface area is 203 Å². The number of amides is 2. The summed E-state index contributed by atoms with van der Waals surface area (Å²) >= 11 is 0. The summed E-state index contributed by atoms with van der Waals surface area (Å²) in [6.45, 7) is 2.13. The molecular formula is C26H26N2O7. The predicted octanol–water partition coefficient (Wildman–Crippen LogP) is 4.42. The summed E-state index contributed by atoms with van der Waals surface area (Å²) in [4.78, 5) is 36.6. The van der Waals surface area contributed by atoms with Gasteiger partial charge in [-0.1, -0.05) is 12.1 Å². The lowest BCUT2D eigenvalue weighted by atomic mass is 10.1. The molecule has 0 saturated carbocycles. The molecule has 182 valence electrons. The molecule has 9 nitrogen and oxygen atoms in total. The van der Waals surface area contributed by atoms with Gasteiger partial charge >= 0.3 is 6.16 Å². The van der Waals surface area contributed by atoms with Crippen LogP contribution in [-0.4, -0.2) is 38.8 Å². The third kappa shape index (κ3) is 7.23. The van der Waals surface area contributed by atoms with Crippen LogP contribution in [0.2, 0.25) is 0 Å². The van der Waals surface area contributed by atoms with Crippen LogP contribution >= 0.6 is 0 Å². The molecule has 0 radical (unpaired) electrons. The average Bonchev–Trinajstić information content (AvgIpc) is 2.87. The van der Waals surface area contributed by atoms with E-state index < -0.39 is 6.16 Å². The van der Waals surface area contributed by atoms with Crippen molar-refractivity contribution >= 4 is 23.7 Å². The normalized spacial score (nSPS) is 10.1. The molecular weight excluding hydrogens is 452 g/mol. The Balaban J connectivity index is 1.59. The van der Waals surface area contributed by atoms with Crippen molar-refractivity contribution in [1.82, 2.24) is 5.32 Å². The Morgan fingerprint density at radius 1 is 0.771 bits per heavy atom. The van der Waals surface area contributed by atoms with Crippen LogP contribution in [0.25, 0.3) is 0 Å². The van der Waals surface area contributed by atoms with Gasteiger partial charge in [0.15, 0.2) is 0 Å². The largest absolute Gasteiger partial charge is 0.513 e. The molecule has 0 aliphatic rings. The Kier molecular flexibility index (Phi) is 8.66. The number of ether oxygens (including phenoxy) is 4. The molecule has 0 atom stereocenters. The van der Waals surface area contributed by atoms with Gasteiger partial charge in [0.25, 0.3) is 11.8 Å². The van der Waals surface area contributed by atoms with E-state index in [2.05, 4.69) is 10.6 Å². The summed E-state index contributed by atoms with van der Waals surface area (Å²) in [5, 5.41) is 5.66. The minimum atomic E-state index is -0.806. The zero-order chi connectivity index (χ0) is 25.2. The van der Waals surface area contributed by atoms with Crippen molar-refractivity contribution in [3.63, 3.8) is 0 Å². The average molecular weight is 479 g/mol. The fraction of sp³-hybridized carbons (Fsp3) is 0.192. The molecule has 35 heavy (non-hydrogen) atoms. The van der Waals surface area contributed by atoms with Crippen molar-refractivity contribution in [2.45, 2.75) is 13.5 Å².